The number of rotatable bonds is 4. The molecule has 0 spiro atoms. The second-order valence-electron chi connectivity index (χ2n) is 4.31. The van der Waals surface area contributed by atoms with Crippen LogP contribution in [0, 0.1) is 5.82 Å². The number of benzene rings is 2. The van der Waals surface area contributed by atoms with Gasteiger partial charge in [-0.2, -0.15) is 4.31 Å². The van der Waals surface area contributed by atoms with Gasteiger partial charge in [0.25, 0.3) is 0 Å². The van der Waals surface area contributed by atoms with Crippen LogP contribution < -0.4 is 0 Å². The predicted molar refractivity (Wildman–Crippen MR) is 76.5 cm³/mol. The fourth-order valence-corrected chi connectivity index (χ4v) is 3.21. The molecule has 0 fully saturated rings. The van der Waals surface area contributed by atoms with Gasteiger partial charge in [-0.05, 0) is 24.3 Å². The molecule has 0 aliphatic carbocycles. The number of hydrogen-bond acceptors (Lipinski definition) is 2. The molecule has 2 rings (SSSR count). The van der Waals surface area contributed by atoms with E-state index in [1.807, 2.05) is 0 Å². The van der Waals surface area contributed by atoms with E-state index in [9.17, 15) is 12.8 Å². The molecule has 106 valence electrons. The number of sulfonamides is 1. The van der Waals surface area contributed by atoms with Gasteiger partial charge in [-0.25, -0.2) is 12.8 Å². The Hall–Kier alpha value is -1.43. The molecular formula is C14H13ClFNO2S. The van der Waals surface area contributed by atoms with Crippen molar-refractivity contribution < 1.29 is 12.8 Å². The van der Waals surface area contributed by atoms with Gasteiger partial charge < -0.3 is 0 Å². The predicted octanol–water partition coefficient (Wildman–Crippen LogP) is 3.30. The Morgan fingerprint density at radius 2 is 1.85 bits per heavy atom. The van der Waals surface area contributed by atoms with Gasteiger partial charge in [0.2, 0.25) is 10.0 Å². The molecule has 0 aromatic heterocycles. The van der Waals surface area contributed by atoms with Crippen LogP contribution in [0.1, 0.15) is 5.56 Å². The lowest BCUT2D eigenvalue weighted by Gasteiger charge is -2.17. The van der Waals surface area contributed by atoms with Crippen LogP contribution in [0.4, 0.5) is 4.39 Å². The van der Waals surface area contributed by atoms with Crippen LogP contribution in [0.3, 0.4) is 0 Å². The molecule has 0 unspecified atom stereocenters. The molecule has 20 heavy (non-hydrogen) atoms. The lowest BCUT2D eigenvalue weighted by atomic mass is 10.2. The van der Waals surface area contributed by atoms with Crippen molar-refractivity contribution in [3.63, 3.8) is 0 Å². The lowest BCUT2D eigenvalue weighted by molar-refractivity contribution is 0.456. The van der Waals surface area contributed by atoms with Crippen molar-refractivity contribution in [3.05, 3.63) is 64.9 Å². The standard InChI is InChI=1S/C14H13ClFNO2S/c1-17(10-11-5-2-3-8-14(11)16)20(18,19)13-7-4-6-12(15)9-13/h2-9H,10H2,1H3. The molecule has 0 aliphatic rings. The summed E-state index contributed by atoms with van der Waals surface area (Å²) >= 11 is 5.80. The normalized spacial score (nSPS) is 11.8. The van der Waals surface area contributed by atoms with E-state index in [1.165, 1.54) is 25.2 Å². The molecular weight excluding hydrogens is 301 g/mol. The van der Waals surface area contributed by atoms with Crippen LogP contribution in [-0.4, -0.2) is 19.8 Å². The molecule has 6 heteroatoms. The minimum absolute atomic E-state index is 0.0402. The Bertz CT molecular complexity index is 719. The van der Waals surface area contributed by atoms with Crippen LogP contribution in [0.2, 0.25) is 5.02 Å². The third kappa shape index (κ3) is 3.17. The second-order valence-corrected chi connectivity index (χ2v) is 6.79. The zero-order valence-corrected chi connectivity index (χ0v) is 12.3. The van der Waals surface area contributed by atoms with Crippen molar-refractivity contribution in [2.24, 2.45) is 0 Å². The Morgan fingerprint density at radius 1 is 1.15 bits per heavy atom. The first-order valence-corrected chi connectivity index (χ1v) is 7.68. The molecule has 0 saturated carbocycles. The minimum Gasteiger partial charge on any atom is -0.207 e. The molecule has 0 saturated heterocycles. The van der Waals surface area contributed by atoms with Crippen molar-refractivity contribution in [1.29, 1.82) is 0 Å². The highest BCUT2D eigenvalue weighted by atomic mass is 35.5. The summed E-state index contributed by atoms with van der Waals surface area (Å²) in [6.07, 6.45) is 0. The van der Waals surface area contributed by atoms with Gasteiger partial charge in [0.15, 0.2) is 0 Å². The number of halogens is 2. The number of nitrogens with zero attached hydrogens (tertiary/aromatic N) is 1. The topological polar surface area (TPSA) is 37.4 Å². The van der Waals surface area contributed by atoms with E-state index in [0.717, 1.165) is 4.31 Å². The van der Waals surface area contributed by atoms with E-state index in [2.05, 4.69) is 0 Å². The van der Waals surface area contributed by atoms with Crippen molar-refractivity contribution in [2.75, 3.05) is 7.05 Å². The average Bonchev–Trinajstić information content (AvgIpc) is 2.41. The number of hydrogen-bond donors (Lipinski definition) is 0. The van der Waals surface area contributed by atoms with Crippen LogP contribution in [0.5, 0.6) is 0 Å². The van der Waals surface area contributed by atoms with Gasteiger partial charge in [0, 0.05) is 24.2 Å². The third-order valence-electron chi connectivity index (χ3n) is 2.86. The summed E-state index contributed by atoms with van der Waals surface area (Å²) in [5.74, 6) is -0.430. The third-order valence-corrected chi connectivity index (χ3v) is 4.89. The van der Waals surface area contributed by atoms with Crippen molar-refractivity contribution >= 4 is 21.6 Å². The zero-order chi connectivity index (χ0) is 14.8. The summed E-state index contributed by atoms with van der Waals surface area (Å²) in [4.78, 5) is 0.0869. The van der Waals surface area contributed by atoms with Gasteiger partial charge in [0.05, 0.1) is 4.90 Å². The smallest absolute Gasteiger partial charge is 0.207 e. The van der Waals surface area contributed by atoms with E-state index in [4.69, 9.17) is 11.6 Å². The maximum atomic E-state index is 13.6. The summed E-state index contributed by atoms with van der Waals surface area (Å²) in [7, 11) is -2.29. The van der Waals surface area contributed by atoms with Crippen molar-refractivity contribution in [3.8, 4) is 0 Å². The highest BCUT2D eigenvalue weighted by Gasteiger charge is 2.21. The highest BCUT2D eigenvalue weighted by Crippen LogP contribution is 2.20. The SMILES string of the molecule is CN(Cc1ccccc1F)S(=O)(=O)c1cccc(Cl)c1. The van der Waals surface area contributed by atoms with E-state index in [-0.39, 0.29) is 11.4 Å². The van der Waals surface area contributed by atoms with Crippen LogP contribution >= 0.6 is 11.6 Å². The Kier molecular flexibility index (Phi) is 4.42. The fraction of sp³-hybridized carbons (Fsp3) is 0.143. The molecule has 0 aliphatic heterocycles. The van der Waals surface area contributed by atoms with Crippen molar-refractivity contribution in [2.45, 2.75) is 11.4 Å². The molecule has 2 aromatic carbocycles. The van der Waals surface area contributed by atoms with Crippen molar-refractivity contribution in [1.82, 2.24) is 4.31 Å². The van der Waals surface area contributed by atoms with Crippen LogP contribution in [0.15, 0.2) is 53.4 Å². The molecule has 2 aromatic rings. The van der Waals surface area contributed by atoms with Gasteiger partial charge in [0.1, 0.15) is 5.82 Å². The van der Waals surface area contributed by atoms with Gasteiger partial charge in [-0.3, -0.25) is 0 Å². The zero-order valence-electron chi connectivity index (χ0n) is 10.8. The lowest BCUT2D eigenvalue weighted by Crippen LogP contribution is -2.26. The largest absolute Gasteiger partial charge is 0.243 e. The Labute approximate surface area is 122 Å². The minimum atomic E-state index is -3.69. The van der Waals surface area contributed by atoms with Crippen LogP contribution in [-0.2, 0) is 16.6 Å². The molecule has 0 radical (unpaired) electrons. The second kappa shape index (κ2) is 5.91. The summed E-state index contributed by atoms with van der Waals surface area (Å²) in [5, 5.41) is 0.338. The maximum absolute atomic E-state index is 13.6. The Morgan fingerprint density at radius 3 is 2.50 bits per heavy atom. The monoisotopic (exact) mass is 313 g/mol. The molecule has 0 amide bonds. The van der Waals surface area contributed by atoms with Gasteiger partial charge in [-0.1, -0.05) is 35.9 Å². The first kappa shape index (κ1) is 15.0. The maximum Gasteiger partial charge on any atom is 0.243 e. The molecule has 0 N–H and O–H groups in total. The average molecular weight is 314 g/mol. The molecule has 3 nitrogen and oxygen atoms in total. The molecule has 0 atom stereocenters. The first-order valence-electron chi connectivity index (χ1n) is 5.86. The summed E-state index contributed by atoms with van der Waals surface area (Å²) in [6, 6.07) is 12.1. The molecule has 0 heterocycles. The van der Waals surface area contributed by atoms with Gasteiger partial charge >= 0.3 is 0 Å². The summed E-state index contributed by atoms with van der Waals surface area (Å²) in [6.45, 7) is -0.0402. The molecule has 0 bridgehead atoms. The first-order chi connectivity index (χ1) is 9.41. The summed E-state index contributed by atoms with van der Waals surface area (Å²) < 4.78 is 39.3. The van der Waals surface area contributed by atoms with E-state index < -0.39 is 15.8 Å². The summed E-state index contributed by atoms with van der Waals surface area (Å²) in [5.41, 5.74) is 0.320. The Balaban J connectivity index is 2.29. The highest BCUT2D eigenvalue weighted by molar-refractivity contribution is 7.89. The van der Waals surface area contributed by atoms with E-state index >= 15 is 0 Å². The van der Waals surface area contributed by atoms with E-state index in [1.54, 1.807) is 30.3 Å². The van der Waals surface area contributed by atoms with E-state index in [0.29, 0.717) is 10.6 Å². The van der Waals surface area contributed by atoms with Gasteiger partial charge in [-0.15, -0.1) is 0 Å². The quantitative estimate of drug-likeness (QED) is 0.868. The van der Waals surface area contributed by atoms with Crippen LogP contribution in [0.25, 0.3) is 0 Å². The fourth-order valence-electron chi connectivity index (χ4n) is 1.76.